The van der Waals surface area contributed by atoms with Gasteiger partial charge in [0.25, 0.3) is 0 Å². The zero-order valence-electron chi connectivity index (χ0n) is 7.69. The van der Waals surface area contributed by atoms with Crippen LogP contribution in [0, 0.1) is 5.92 Å². The molecule has 0 saturated heterocycles. The molecule has 0 bridgehead atoms. The Hall–Kier alpha value is -0.0800. The molecule has 0 amide bonds. The van der Waals surface area contributed by atoms with Crippen molar-refractivity contribution in [1.29, 1.82) is 0 Å². The predicted molar refractivity (Wildman–Crippen MR) is 48.5 cm³/mol. The van der Waals surface area contributed by atoms with E-state index in [0.717, 1.165) is 12.5 Å². The maximum atomic E-state index is 6.20. The van der Waals surface area contributed by atoms with Crippen LogP contribution in [0.4, 0.5) is 0 Å². The largest absolute Gasteiger partial charge is 0.324 e. The van der Waals surface area contributed by atoms with Gasteiger partial charge in [0.2, 0.25) is 0 Å². The maximum Gasteiger partial charge on any atom is 0.0283 e. The van der Waals surface area contributed by atoms with Crippen LogP contribution in [-0.4, -0.2) is 19.1 Å². The van der Waals surface area contributed by atoms with Crippen LogP contribution in [0.25, 0.3) is 0 Å². The lowest BCUT2D eigenvalue weighted by Gasteiger charge is -2.36. The fourth-order valence-electron chi connectivity index (χ4n) is 2.21. The van der Waals surface area contributed by atoms with Gasteiger partial charge in [-0.15, -0.1) is 0 Å². The molecule has 2 nitrogen and oxygen atoms in total. The molecule has 2 atom stereocenters. The summed E-state index contributed by atoms with van der Waals surface area (Å²) < 4.78 is 0. The van der Waals surface area contributed by atoms with Gasteiger partial charge in [-0.2, -0.15) is 0 Å². The van der Waals surface area contributed by atoms with Gasteiger partial charge in [0.1, 0.15) is 0 Å². The van der Waals surface area contributed by atoms with Crippen molar-refractivity contribution in [2.75, 3.05) is 13.6 Å². The number of nitrogens with two attached hydrogens (primary N) is 1. The number of hydrogen-bond acceptors (Lipinski definition) is 2. The summed E-state index contributed by atoms with van der Waals surface area (Å²) in [5.74, 6) is 0.821. The molecule has 66 valence electrons. The molecule has 1 aliphatic rings. The average Bonchev–Trinajstić information content (AvgIpc) is 1.86. The topological polar surface area (TPSA) is 38.0 Å². The van der Waals surface area contributed by atoms with Gasteiger partial charge in [-0.05, 0) is 25.8 Å². The van der Waals surface area contributed by atoms with Gasteiger partial charge in [-0.25, -0.2) is 0 Å². The van der Waals surface area contributed by atoms with Crippen molar-refractivity contribution in [3.8, 4) is 0 Å². The SMILES string of the molecule is CNCC1(N)CCCC(C)C1. The summed E-state index contributed by atoms with van der Waals surface area (Å²) in [5.41, 5.74) is 6.29. The van der Waals surface area contributed by atoms with Crippen molar-refractivity contribution in [3.63, 3.8) is 0 Å². The molecule has 2 unspecified atom stereocenters. The molecule has 0 aromatic heterocycles. The van der Waals surface area contributed by atoms with Crippen LogP contribution in [0.3, 0.4) is 0 Å². The van der Waals surface area contributed by atoms with E-state index in [1.54, 1.807) is 0 Å². The highest BCUT2D eigenvalue weighted by atomic mass is 14.9. The van der Waals surface area contributed by atoms with Crippen molar-refractivity contribution in [2.24, 2.45) is 11.7 Å². The molecule has 0 radical (unpaired) electrons. The van der Waals surface area contributed by atoms with E-state index in [4.69, 9.17) is 5.73 Å². The van der Waals surface area contributed by atoms with E-state index in [0.29, 0.717) is 0 Å². The second-order valence-electron chi connectivity index (χ2n) is 4.09. The summed E-state index contributed by atoms with van der Waals surface area (Å²) in [6.07, 6.45) is 5.05. The molecule has 0 spiro atoms. The normalized spacial score (nSPS) is 39.0. The van der Waals surface area contributed by atoms with Gasteiger partial charge in [0.15, 0.2) is 0 Å². The monoisotopic (exact) mass is 156 g/mol. The Morgan fingerprint density at radius 1 is 1.64 bits per heavy atom. The Kier molecular flexibility index (Phi) is 2.90. The van der Waals surface area contributed by atoms with Crippen LogP contribution in [0.1, 0.15) is 32.6 Å². The van der Waals surface area contributed by atoms with Crippen LogP contribution in [-0.2, 0) is 0 Å². The predicted octanol–water partition coefficient (Wildman–Crippen LogP) is 1.11. The first-order valence-electron chi connectivity index (χ1n) is 4.60. The van der Waals surface area contributed by atoms with Crippen molar-refractivity contribution >= 4 is 0 Å². The molecular formula is C9H20N2. The standard InChI is InChI=1S/C9H20N2/c1-8-4-3-5-9(10,6-8)7-11-2/h8,11H,3-7,10H2,1-2H3. The Morgan fingerprint density at radius 3 is 2.91 bits per heavy atom. The minimum absolute atomic E-state index is 0.0897. The summed E-state index contributed by atoms with van der Waals surface area (Å²) in [7, 11) is 1.98. The molecule has 2 heteroatoms. The summed E-state index contributed by atoms with van der Waals surface area (Å²) in [6.45, 7) is 3.27. The van der Waals surface area contributed by atoms with E-state index in [9.17, 15) is 0 Å². The lowest BCUT2D eigenvalue weighted by molar-refractivity contribution is 0.233. The van der Waals surface area contributed by atoms with Gasteiger partial charge in [0.05, 0.1) is 0 Å². The third-order valence-electron chi connectivity index (χ3n) is 2.66. The zero-order chi connectivity index (χ0) is 8.32. The molecule has 1 saturated carbocycles. The van der Waals surface area contributed by atoms with E-state index in [-0.39, 0.29) is 5.54 Å². The molecule has 1 aliphatic carbocycles. The Bertz CT molecular complexity index is 121. The first-order chi connectivity index (χ1) is 5.16. The van der Waals surface area contributed by atoms with Crippen molar-refractivity contribution < 1.29 is 0 Å². The van der Waals surface area contributed by atoms with Crippen molar-refractivity contribution in [1.82, 2.24) is 5.32 Å². The quantitative estimate of drug-likeness (QED) is 0.628. The van der Waals surface area contributed by atoms with Crippen LogP contribution in [0.15, 0.2) is 0 Å². The summed E-state index contributed by atoms with van der Waals surface area (Å²) in [4.78, 5) is 0. The number of nitrogens with one attached hydrogen (secondary N) is 1. The summed E-state index contributed by atoms with van der Waals surface area (Å²) in [5, 5.41) is 3.17. The first-order valence-corrected chi connectivity index (χ1v) is 4.60. The molecule has 11 heavy (non-hydrogen) atoms. The Labute approximate surface area is 69.5 Å². The minimum Gasteiger partial charge on any atom is -0.324 e. The van der Waals surface area contributed by atoms with Gasteiger partial charge >= 0.3 is 0 Å². The van der Waals surface area contributed by atoms with E-state index >= 15 is 0 Å². The third-order valence-corrected chi connectivity index (χ3v) is 2.66. The second-order valence-corrected chi connectivity index (χ2v) is 4.09. The highest BCUT2D eigenvalue weighted by Crippen LogP contribution is 2.29. The van der Waals surface area contributed by atoms with E-state index < -0.39 is 0 Å². The van der Waals surface area contributed by atoms with Crippen LogP contribution in [0.2, 0.25) is 0 Å². The molecule has 3 N–H and O–H groups in total. The summed E-state index contributed by atoms with van der Waals surface area (Å²) >= 11 is 0. The Balaban J connectivity index is 2.41. The lowest BCUT2D eigenvalue weighted by Crippen LogP contribution is -2.50. The van der Waals surface area contributed by atoms with Gasteiger partial charge in [-0.1, -0.05) is 19.8 Å². The third kappa shape index (κ3) is 2.46. The van der Waals surface area contributed by atoms with E-state index in [1.807, 2.05) is 7.05 Å². The Morgan fingerprint density at radius 2 is 2.36 bits per heavy atom. The fourth-order valence-corrected chi connectivity index (χ4v) is 2.21. The average molecular weight is 156 g/mol. The van der Waals surface area contributed by atoms with Gasteiger partial charge < -0.3 is 11.1 Å². The van der Waals surface area contributed by atoms with Gasteiger partial charge in [0, 0.05) is 12.1 Å². The minimum atomic E-state index is 0.0897. The number of rotatable bonds is 2. The summed E-state index contributed by atoms with van der Waals surface area (Å²) in [6, 6.07) is 0. The molecule has 1 rings (SSSR count). The first kappa shape index (κ1) is 9.01. The number of likely N-dealkylation sites (N-methyl/N-ethyl adjacent to an activating group) is 1. The molecule has 0 heterocycles. The number of hydrogen-bond donors (Lipinski definition) is 2. The molecule has 0 aliphatic heterocycles. The van der Waals surface area contributed by atoms with E-state index in [2.05, 4.69) is 12.2 Å². The second kappa shape index (κ2) is 3.55. The fraction of sp³-hybridized carbons (Fsp3) is 1.00. The molecule has 0 aromatic carbocycles. The molecule has 0 aromatic rings. The van der Waals surface area contributed by atoms with Crippen LogP contribution >= 0.6 is 0 Å². The molecule has 1 fully saturated rings. The van der Waals surface area contributed by atoms with Gasteiger partial charge in [-0.3, -0.25) is 0 Å². The zero-order valence-corrected chi connectivity index (χ0v) is 7.69. The van der Waals surface area contributed by atoms with Crippen molar-refractivity contribution in [3.05, 3.63) is 0 Å². The van der Waals surface area contributed by atoms with E-state index in [1.165, 1.54) is 25.7 Å². The van der Waals surface area contributed by atoms with Crippen LogP contribution < -0.4 is 11.1 Å². The lowest BCUT2D eigenvalue weighted by atomic mass is 9.77. The smallest absolute Gasteiger partial charge is 0.0283 e. The molecular weight excluding hydrogens is 136 g/mol. The van der Waals surface area contributed by atoms with Crippen molar-refractivity contribution in [2.45, 2.75) is 38.1 Å². The highest BCUT2D eigenvalue weighted by molar-refractivity contribution is 4.90. The maximum absolute atomic E-state index is 6.20. The highest BCUT2D eigenvalue weighted by Gasteiger charge is 2.29. The van der Waals surface area contributed by atoms with Crippen LogP contribution in [0.5, 0.6) is 0 Å².